The summed E-state index contributed by atoms with van der Waals surface area (Å²) in [6.07, 6.45) is 0. The molecule has 0 bridgehead atoms. The van der Waals surface area contributed by atoms with Gasteiger partial charge in [0.15, 0.2) is 5.78 Å². The summed E-state index contributed by atoms with van der Waals surface area (Å²) in [4.78, 5) is 11.1. The fraction of sp³-hybridized carbons (Fsp3) is 0.182. The highest BCUT2D eigenvalue weighted by Gasteiger charge is 2.05. The van der Waals surface area contributed by atoms with Crippen LogP contribution in [0.1, 0.15) is 22.8 Å². The number of benzene rings is 1. The van der Waals surface area contributed by atoms with Crippen LogP contribution in [0, 0.1) is 11.8 Å². The van der Waals surface area contributed by atoms with E-state index >= 15 is 0 Å². The molecule has 0 heterocycles. The van der Waals surface area contributed by atoms with E-state index in [1.807, 2.05) is 0 Å². The molecule has 72 valence electrons. The van der Waals surface area contributed by atoms with Crippen molar-refractivity contribution in [2.24, 2.45) is 0 Å². The molecule has 0 atom stereocenters. The molecule has 0 aliphatic heterocycles. The third-order valence-corrected chi connectivity index (χ3v) is 2.11. The average molecular weight is 227 g/mol. The first kappa shape index (κ1) is 11.1. The number of ketones is 1. The summed E-state index contributed by atoms with van der Waals surface area (Å²) in [5.74, 6) is 5.75. The number of alkyl halides is 1. The fourth-order valence-corrected chi connectivity index (χ4v) is 1.33. The standard InChI is InChI=1S/C11H8Cl2O/c1-8(14)10-7-9(3-2-6-12)4-5-11(10)13/h4-5,7H,6H2,1H3. The molecule has 0 aliphatic rings. The lowest BCUT2D eigenvalue weighted by Crippen LogP contribution is -1.93. The molecule has 14 heavy (non-hydrogen) atoms. The SMILES string of the molecule is CC(=O)c1cc(C#CCCl)ccc1Cl. The molecule has 1 nitrogen and oxygen atoms in total. The first-order valence-electron chi connectivity index (χ1n) is 4.00. The van der Waals surface area contributed by atoms with Gasteiger partial charge in [0.25, 0.3) is 0 Å². The third-order valence-electron chi connectivity index (χ3n) is 1.65. The summed E-state index contributed by atoms with van der Waals surface area (Å²) >= 11 is 11.2. The quantitative estimate of drug-likeness (QED) is 0.409. The maximum atomic E-state index is 11.1. The topological polar surface area (TPSA) is 17.1 Å². The molecule has 3 heteroatoms. The van der Waals surface area contributed by atoms with Gasteiger partial charge in [-0.05, 0) is 25.1 Å². The molecule has 0 aromatic heterocycles. The summed E-state index contributed by atoms with van der Waals surface area (Å²) in [5.41, 5.74) is 1.24. The Balaban J connectivity index is 3.13. The van der Waals surface area contributed by atoms with Crippen LogP contribution in [0.4, 0.5) is 0 Å². The Kier molecular flexibility index (Phi) is 4.00. The molecular formula is C11H8Cl2O. The van der Waals surface area contributed by atoms with Crippen LogP contribution in [-0.4, -0.2) is 11.7 Å². The highest BCUT2D eigenvalue weighted by molar-refractivity contribution is 6.33. The fourth-order valence-electron chi connectivity index (χ4n) is 1.01. The molecule has 0 saturated heterocycles. The largest absolute Gasteiger partial charge is 0.294 e. The van der Waals surface area contributed by atoms with E-state index in [-0.39, 0.29) is 11.7 Å². The minimum atomic E-state index is -0.0653. The Bertz CT molecular complexity index is 413. The van der Waals surface area contributed by atoms with Gasteiger partial charge < -0.3 is 0 Å². The van der Waals surface area contributed by atoms with E-state index in [1.54, 1.807) is 18.2 Å². The maximum Gasteiger partial charge on any atom is 0.161 e. The molecule has 0 unspecified atom stereocenters. The van der Waals surface area contributed by atoms with Crippen LogP contribution in [0.15, 0.2) is 18.2 Å². The van der Waals surface area contributed by atoms with Gasteiger partial charge in [-0.25, -0.2) is 0 Å². The maximum absolute atomic E-state index is 11.1. The lowest BCUT2D eigenvalue weighted by molar-refractivity contribution is 0.101. The van der Waals surface area contributed by atoms with E-state index < -0.39 is 0 Å². The summed E-state index contributed by atoms with van der Waals surface area (Å²) in [7, 11) is 0. The van der Waals surface area contributed by atoms with Crippen LogP contribution in [-0.2, 0) is 0 Å². The van der Waals surface area contributed by atoms with E-state index in [0.29, 0.717) is 10.6 Å². The van der Waals surface area contributed by atoms with E-state index in [2.05, 4.69) is 11.8 Å². The van der Waals surface area contributed by atoms with Crippen molar-refractivity contribution in [3.63, 3.8) is 0 Å². The highest BCUT2D eigenvalue weighted by Crippen LogP contribution is 2.17. The highest BCUT2D eigenvalue weighted by atomic mass is 35.5. The summed E-state index contributed by atoms with van der Waals surface area (Å²) in [6, 6.07) is 5.09. The zero-order chi connectivity index (χ0) is 10.6. The van der Waals surface area contributed by atoms with Crippen LogP contribution in [0.3, 0.4) is 0 Å². The molecule has 1 aromatic rings. The van der Waals surface area contributed by atoms with Gasteiger partial charge in [-0.3, -0.25) is 4.79 Å². The number of halogens is 2. The molecular weight excluding hydrogens is 219 g/mol. The third kappa shape index (κ3) is 2.77. The number of carbonyl (C=O) groups excluding carboxylic acids is 1. The average Bonchev–Trinajstić information content (AvgIpc) is 2.16. The molecule has 1 rings (SSSR count). The van der Waals surface area contributed by atoms with Crippen LogP contribution in [0.2, 0.25) is 5.02 Å². The van der Waals surface area contributed by atoms with Gasteiger partial charge in [-0.2, -0.15) is 0 Å². The predicted octanol–water partition coefficient (Wildman–Crippen LogP) is 3.13. The number of hydrogen-bond donors (Lipinski definition) is 0. The monoisotopic (exact) mass is 226 g/mol. The van der Waals surface area contributed by atoms with Crippen molar-refractivity contribution >= 4 is 29.0 Å². The molecule has 0 saturated carbocycles. The van der Waals surface area contributed by atoms with Gasteiger partial charge >= 0.3 is 0 Å². The van der Waals surface area contributed by atoms with Crippen molar-refractivity contribution in [1.82, 2.24) is 0 Å². The normalized spacial score (nSPS) is 9.07. The second kappa shape index (κ2) is 5.05. The van der Waals surface area contributed by atoms with E-state index in [4.69, 9.17) is 23.2 Å². The molecule has 0 amide bonds. The number of rotatable bonds is 1. The van der Waals surface area contributed by atoms with Crippen LogP contribution in [0.5, 0.6) is 0 Å². The van der Waals surface area contributed by atoms with Crippen molar-refractivity contribution in [2.75, 3.05) is 5.88 Å². The van der Waals surface area contributed by atoms with Crippen molar-refractivity contribution in [1.29, 1.82) is 0 Å². The molecule has 0 fully saturated rings. The second-order valence-electron chi connectivity index (χ2n) is 2.69. The number of hydrogen-bond acceptors (Lipinski definition) is 1. The molecule has 0 N–H and O–H groups in total. The van der Waals surface area contributed by atoms with Crippen molar-refractivity contribution < 1.29 is 4.79 Å². The van der Waals surface area contributed by atoms with Gasteiger partial charge in [-0.15, -0.1) is 11.6 Å². The second-order valence-corrected chi connectivity index (χ2v) is 3.36. The first-order chi connectivity index (χ1) is 6.65. The Labute approximate surface area is 93.0 Å². The Hall–Kier alpha value is -0.970. The minimum absolute atomic E-state index is 0.0653. The summed E-state index contributed by atoms with van der Waals surface area (Å²) in [6.45, 7) is 1.47. The minimum Gasteiger partial charge on any atom is -0.294 e. The number of carbonyl (C=O) groups is 1. The Morgan fingerprint density at radius 3 is 2.79 bits per heavy atom. The molecule has 0 spiro atoms. The lowest BCUT2D eigenvalue weighted by atomic mass is 10.1. The van der Waals surface area contributed by atoms with E-state index in [0.717, 1.165) is 5.56 Å². The zero-order valence-electron chi connectivity index (χ0n) is 7.60. The lowest BCUT2D eigenvalue weighted by Gasteiger charge is -1.99. The number of Topliss-reactive ketones (excluding diaryl/α,β-unsaturated/α-hetero) is 1. The van der Waals surface area contributed by atoms with Crippen LogP contribution >= 0.6 is 23.2 Å². The van der Waals surface area contributed by atoms with E-state index in [1.165, 1.54) is 6.92 Å². The van der Waals surface area contributed by atoms with Crippen LogP contribution in [0.25, 0.3) is 0 Å². The Morgan fingerprint density at radius 1 is 1.50 bits per heavy atom. The molecule has 1 aromatic carbocycles. The summed E-state index contributed by atoms with van der Waals surface area (Å²) < 4.78 is 0. The van der Waals surface area contributed by atoms with Gasteiger partial charge in [0.2, 0.25) is 0 Å². The van der Waals surface area contributed by atoms with Crippen LogP contribution < -0.4 is 0 Å². The van der Waals surface area contributed by atoms with Crippen molar-refractivity contribution in [2.45, 2.75) is 6.92 Å². The Morgan fingerprint density at radius 2 is 2.21 bits per heavy atom. The molecule has 0 radical (unpaired) electrons. The first-order valence-corrected chi connectivity index (χ1v) is 4.91. The van der Waals surface area contributed by atoms with Gasteiger partial charge in [0.05, 0.1) is 10.9 Å². The smallest absolute Gasteiger partial charge is 0.161 e. The van der Waals surface area contributed by atoms with Gasteiger partial charge in [0.1, 0.15) is 0 Å². The van der Waals surface area contributed by atoms with Gasteiger partial charge in [0, 0.05) is 11.1 Å². The van der Waals surface area contributed by atoms with Crippen molar-refractivity contribution in [3.05, 3.63) is 34.3 Å². The van der Waals surface area contributed by atoms with E-state index in [9.17, 15) is 4.79 Å². The zero-order valence-corrected chi connectivity index (χ0v) is 9.12. The predicted molar refractivity (Wildman–Crippen MR) is 59.1 cm³/mol. The molecule has 0 aliphatic carbocycles. The van der Waals surface area contributed by atoms with Crippen molar-refractivity contribution in [3.8, 4) is 11.8 Å². The summed E-state index contributed by atoms with van der Waals surface area (Å²) in [5, 5.41) is 0.453. The van der Waals surface area contributed by atoms with Gasteiger partial charge in [-0.1, -0.05) is 23.4 Å².